The predicted octanol–water partition coefficient (Wildman–Crippen LogP) is 1.03. The molecule has 0 saturated carbocycles. The zero-order valence-corrected chi connectivity index (χ0v) is 12.1. The molecule has 1 aromatic rings. The molecule has 0 spiro atoms. The summed E-state index contributed by atoms with van der Waals surface area (Å²) in [6.07, 6.45) is 0. The van der Waals surface area contributed by atoms with Gasteiger partial charge in [-0.15, -0.1) is 11.3 Å². The second-order valence-electron chi connectivity index (χ2n) is 3.91. The Bertz CT molecular complexity index is 493. The minimum Gasteiger partial charge on any atom is -0.396 e. The molecule has 0 saturated heterocycles. The first-order valence-electron chi connectivity index (χ1n) is 5.87. The number of thiophene rings is 1. The van der Waals surface area contributed by atoms with Crippen molar-refractivity contribution in [2.45, 2.75) is 6.92 Å². The number of ether oxygens (including phenoxy) is 1. The molecule has 0 radical (unpaired) electrons. The van der Waals surface area contributed by atoms with Gasteiger partial charge in [0.2, 0.25) is 0 Å². The lowest BCUT2D eigenvalue weighted by Gasteiger charge is -2.16. The van der Waals surface area contributed by atoms with Crippen molar-refractivity contribution in [3.05, 3.63) is 10.4 Å². The summed E-state index contributed by atoms with van der Waals surface area (Å²) in [5, 5.41) is 12.6. The lowest BCUT2D eigenvalue weighted by molar-refractivity contribution is 0.0960. The Morgan fingerprint density at radius 2 is 2.32 bits per heavy atom. The number of likely N-dealkylation sites (N-methyl/N-ethyl adjacent to an activating group) is 1. The van der Waals surface area contributed by atoms with E-state index < -0.39 is 0 Å². The fourth-order valence-corrected chi connectivity index (χ4v) is 2.62. The van der Waals surface area contributed by atoms with E-state index in [9.17, 15) is 10.1 Å². The van der Waals surface area contributed by atoms with Gasteiger partial charge < -0.3 is 20.7 Å². The van der Waals surface area contributed by atoms with Crippen molar-refractivity contribution in [3.63, 3.8) is 0 Å². The van der Waals surface area contributed by atoms with E-state index in [1.54, 1.807) is 7.11 Å². The number of anilines is 2. The predicted molar refractivity (Wildman–Crippen MR) is 76.6 cm³/mol. The normalized spacial score (nSPS) is 10.0. The number of rotatable bonds is 6. The molecule has 104 valence electrons. The van der Waals surface area contributed by atoms with Crippen LogP contribution in [0.1, 0.15) is 22.2 Å². The van der Waals surface area contributed by atoms with Gasteiger partial charge in [-0.3, -0.25) is 4.79 Å². The zero-order valence-electron chi connectivity index (χ0n) is 11.3. The third-order valence-electron chi connectivity index (χ3n) is 2.56. The SMILES string of the molecule is CCNC(=O)c1sc(N(C)CCOC)c(C#N)c1N. The number of hydrogen-bond donors (Lipinski definition) is 2. The van der Waals surface area contributed by atoms with Crippen LogP contribution >= 0.6 is 11.3 Å². The number of carbonyl (C=O) groups excluding carboxylic acids is 1. The summed E-state index contributed by atoms with van der Waals surface area (Å²) in [4.78, 5) is 14.1. The van der Waals surface area contributed by atoms with Crippen molar-refractivity contribution in [3.8, 4) is 6.07 Å². The number of amides is 1. The molecule has 0 unspecified atom stereocenters. The number of methoxy groups -OCH3 is 1. The van der Waals surface area contributed by atoms with Gasteiger partial charge in [-0.05, 0) is 6.92 Å². The Balaban J connectivity index is 3.09. The number of nitrogens with zero attached hydrogens (tertiary/aromatic N) is 2. The maximum Gasteiger partial charge on any atom is 0.263 e. The maximum atomic E-state index is 11.9. The van der Waals surface area contributed by atoms with Gasteiger partial charge in [-0.1, -0.05) is 0 Å². The largest absolute Gasteiger partial charge is 0.396 e. The third-order valence-corrected chi connectivity index (χ3v) is 3.88. The molecule has 0 aliphatic heterocycles. The Labute approximate surface area is 116 Å². The first-order chi connectivity index (χ1) is 9.06. The number of nitriles is 1. The van der Waals surface area contributed by atoms with Crippen molar-refractivity contribution < 1.29 is 9.53 Å². The van der Waals surface area contributed by atoms with Crippen molar-refractivity contribution in [2.75, 3.05) is 44.5 Å². The first-order valence-corrected chi connectivity index (χ1v) is 6.69. The summed E-state index contributed by atoms with van der Waals surface area (Å²) >= 11 is 1.23. The third kappa shape index (κ3) is 3.36. The van der Waals surface area contributed by atoms with E-state index in [0.717, 1.165) is 0 Å². The molecule has 1 amide bonds. The quantitative estimate of drug-likeness (QED) is 0.813. The summed E-state index contributed by atoms with van der Waals surface area (Å²) in [6, 6.07) is 2.06. The van der Waals surface area contributed by atoms with Gasteiger partial charge in [-0.2, -0.15) is 5.26 Å². The highest BCUT2D eigenvalue weighted by Crippen LogP contribution is 2.37. The number of hydrogen-bond acceptors (Lipinski definition) is 6. The van der Waals surface area contributed by atoms with Crippen molar-refractivity contribution in [1.29, 1.82) is 5.26 Å². The first kappa shape index (κ1) is 15.3. The van der Waals surface area contributed by atoms with Gasteiger partial charge in [-0.25, -0.2) is 0 Å². The average Bonchev–Trinajstić information content (AvgIpc) is 2.73. The van der Waals surface area contributed by atoms with E-state index in [2.05, 4.69) is 11.4 Å². The highest BCUT2D eigenvalue weighted by atomic mass is 32.1. The number of nitrogen functional groups attached to an aromatic ring is 1. The Kier molecular flexibility index (Phi) is 5.60. The lowest BCUT2D eigenvalue weighted by atomic mass is 10.2. The summed E-state index contributed by atoms with van der Waals surface area (Å²) in [5.74, 6) is -0.243. The van der Waals surface area contributed by atoms with E-state index in [1.807, 2.05) is 18.9 Å². The standard InChI is InChI=1S/C12H18N4O2S/c1-4-15-11(17)10-9(14)8(7-13)12(19-10)16(2)5-6-18-3/h4-6,14H2,1-3H3,(H,15,17). The van der Waals surface area contributed by atoms with Crippen molar-refractivity contribution >= 4 is 27.9 Å². The summed E-state index contributed by atoms with van der Waals surface area (Å²) < 4.78 is 5.00. The highest BCUT2D eigenvalue weighted by Gasteiger charge is 2.22. The van der Waals surface area contributed by atoms with Gasteiger partial charge in [0.25, 0.3) is 5.91 Å². The van der Waals surface area contributed by atoms with E-state index in [1.165, 1.54) is 11.3 Å². The topological polar surface area (TPSA) is 91.4 Å². The highest BCUT2D eigenvalue weighted by molar-refractivity contribution is 7.19. The fraction of sp³-hybridized carbons (Fsp3) is 0.500. The van der Waals surface area contributed by atoms with E-state index in [-0.39, 0.29) is 11.6 Å². The lowest BCUT2D eigenvalue weighted by Crippen LogP contribution is -2.22. The Hall–Kier alpha value is -1.78. The van der Waals surface area contributed by atoms with Crippen LogP contribution in [0, 0.1) is 11.3 Å². The molecule has 0 fully saturated rings. The van der Waals surface area contributed by atoms with Crippen LogP contribution in [0.25, 0.3) is 0 Å². The second kappa shape index (κ2) is 6.97. The molecule has 0 atom stereocenters. The number of nitrogens with two attached hydrogens (primary N) is 1. The smallest absolute Gasteiger partial charge is 0.263 e. The molecule has 1 rings (SSSR count). The van der Waals surface area contributed by atoms with Crippen LogP contribution in [0.4, 0.5) is 10.7 Å². The maximum absolute atomic E-state index is 11.9. The van der Waals surface area contributed by atoms with Crippen molar-refractivity contribution in [1.82, 2.24) is 5.32 Å². The van der Waals surface area contributed by atoms with Gasteiger partial charge in [0.1, 0.15) is 21.5 Å². The molecule has 6 nitrogen and oxygen atoms in total. The summed E-state index contributed by atoms with van der Waals surface area (Å²) in [5.41, 5.74) is 6.48. The van der Waals surface area contributed by atoms with E-state index in [4.69, 9.17) is 10.5 Å². The Morgan fingerprint density at radius 3 is 2.84 bits per heavy atom. The summed E-state index contributed by atoms with van der Waals surface area (Å²) in [7, 11) is 3.45. The van der Waals surface area contributed by atoms with E-state index in [0.29, 0.717) is 35.1 Å². The van der Waals surface area contributed by atoms with Crippen LogP contribution < -0.4 is 16.0 Å². The molecule has 0 aromatic carbocycles. The molecule has 7 heteroatoms. The molecule has 1 heterocycles. The summed E-state index contributed by atoms with van der Waals surface area (Å²) in [6.45, 7) is 3.51. The Morgan fingerprint density at radius 1 is 1.63 bits per heavy atom. The van der Waals surface area contributed by atoms with Crippen LogP contribution in [-0.2, 0) is 4.74 Å². The van der Waals surface area contributed by atoms with Crippen LogP contribution in [0.3, 0.4) is 0 Å². The molecular formula is C12H18N4O2S. The second-order valence-corrected chi connectivity index (χ2v) is 4.91. The zero-order chi connectivity index (χ0) is 14.4. The van der Waals surface area contributed by atoms with Crippen molar-refractivity contribution in [2.24, 2.45) is 0 Å². The van der Waals surface area contributed by atoms with Gasteiger partial charge >= 0.3 is 0 Å². The number of nitrogens with one attached hydrogen (secondary N) is 1. The molecule has 0 aliphatic rings. The number of carbonyl (C=O) groups is 1. The van der Waals surface area contributed by atoms with Crippen LogP contribution in [-0.4, -0.2) is 39.8 Å². The average molecular weight is 282 g/mol. The van der Waals surface area contributed by atoms with Gasteiger partial charge in [0.15, 0.2) is 0 Å². The monoisotopic (exact) mass is 282 g/mol. The molecule has 0 aliphatic carbocycles. The van der Waals surface area contributed by atoms with Crippen LogP contribution in [0.2, 0.25) is 0 Å². The fourth-order valence-electron chi connectivity index (χ4n) is 1.55. The molecular weight excluding hydrogens is 264 g/mol. The molecule has 0 bridgehead atoms. The molecule has 3 N–H and O–H groups in total. The van der Waals surface area contributed by atoms with Crippen LogP contribution in [0.15, 0.2) is 0 Å². The minimum absolute atomic E-state index is 0.243. The van der Waals surface area contributed by atoms with Gasteiger partial charge in [0.05, 0.1) is 12.3 Å². The molecule has 19 heavy (non-hydrogen) atoms. The van der Waals surface area contributed by atoms with Crippen LogP contribution in [0.5, 0.6) is 0 Å². The molecule has 1 aromatic heterocycles. The van der Waals surface area contributed by atoms with E-state index >= 15 is 0 Å². The van der Waals surface area contributed by atoms with Gasteiger partial charge in [0, 0.05) is 27.2 Å². The minimum atomic E-state index is -0.243.